The van der Waals surface area contributed by atoms with Crippen LogP contribution in [-0.4, -0.2) is 24.9 Å². The number of aromatic nitrogens is 2. The molecule has 5 N–H and O–H groups in total. The van der Waals surface area contributed by atoms with Gasteiger partial charge in [0.15, 0.2) is 0 Å². The van der Waals surface area contributed by atoms with Gasteiger partial charge in [0.2, 0.25) is 16.0 Å². The van der Waals surface area contributed by atoms with E-state index >= 15 is 0 Å². The van der Waals surface area contributed by atoms with Gasteiger partial charge in [0.05, 0.1) is 20.6 Å². The minimum Gasteiger partial charge on any atom is -0.370 e. The van der Waals surface area contributed by atoms with Gasteiger partial charge in [-0.05, 0) is 30.2 Å². The molecule has 0 radical (unpaired) electrons. The van der Waals surface area contributed by atoms with Crippen molar-refractivity contribution in [2.75, 3.05) is 17.6 Å². The Morgan fingerprint density at radius 3 is 2.43 bits per heavy atom. The van der Waals surface area contributed by atoms with Crippen molar-refractivity contribution in [2.45, 2.75) is 11.3 Å². The highest BCUT2D eigenvalue weighted by Gasteiger charge is 2.11. The molecule has 1 heterocycles. The van der Waals surface area contributed by atoms with Gasteiger partial charge in [-0.15, -0.1) is 0 Å². The van der Waals surface area contributed by atoms with Crippen LogP contribution in [0.3, 0.4) is 0 Å². The maximum Gasteiger partial charge on any atom is 0.238 e. The number of rotatable bonds is 6. The quantitative estimate of drug-likeness (QED) is 0.542. The number of halogens is 2. The van der Waals surface area contributed by atoms with E-state index in [1.165, 1.54) is 12.1 Å². The third kappa shape index (κ3) is 4.90. The maximum atomic E-state index is 11.3. The third-order valence-electron chi connectivity index (χ3n) is 3.94. The Labute approximate surface area is 172 Å². The van der Waals surface area contributed by atoms with Crippen molar-refractivity contribution in [1.29, 1.82) is 0 Å². The predicted molar refractivity (Wildman–Crippen MR) is 112 cm³/mol. The Morgan fingerprint density at radius 2 is 1.75 bits per heavy atom. The Hall–Kier alpha value is -2.39. The van der Waals surface area contributed by atoms with E-state index in [0.29, 0.717) is 40.1 Å². The minimum atomic E-state index is -3.69. The second kappa shape index (κ2) is 8.32. The van der Waals surface area contributed by atoms with Crippen LogP contribution >= 0.6 is 23.2 Å². The number of sulfonamides is 1. The average molecular weight is 438 g/mol. The lowest BCUT2D eigenvalue weighted by molar-refractivity contribution is 0.598. The van der Waals surface area contributed by atoms with Crippen molar-refractivity contribution in [1.82, 2.24) is 9.97 Å². The number of primary sulfonamides is 1. The van der Waals surface area contributed by atoms with Crippen LogP contribution in [0.25, 0.3) is 11.3 Å². The number of nitrogens with one attached hydrogen (secondary N) is 1. The van der Waals surface area contributed by atoms with E-state index in [2.05, 4.69) is 15.3 Å². The monoisotopic (exact) mass is 437 g/mol. The molecule has 146 valence electrons. The molecule has 10 heteroatoms. The average Bonchev–Trinajstić information content (AvgIpc) is 2.63. The SMILES string of the molecule is Nc1nc(NCCc2ccc(S(N)(=O)=O)cc2)cc(-c2cccc(Cl)c2Cl)n1. The molecular formula is C18H17Cl2N5O2S. The first-order valence-electron chi connectivity index (χ1n) is 8.18. The van der Waals surface area contributed by atoms with Crippen LogP contribution in [0, 0.1) is 0 Å². The summed E-state index contributed by atoms with van der Waals surface area (Å²) >= 11 is 12.3. The Kier molecular flexibility index (Phi) is 6.04. The van der Waals surface area contributed by atoms with E-state index in [-0.39, 0.29) is 10.8 Å². The van der Waals surface area contributed by atoms with Crippen molar-refractivity contribution in [3.63, 3.8) is 0 Å². The fourth-order valence-electron chi connectivity index (χ4n) is 2.58. The minimum absolute atomic E-state index is 0.0795. The van der Waals surface area contributed by atoms with Gasteiger partial charge in [-0.3, -0.25) is 0 Å². The molecule has 28 heavy (non-hydrogen) atoms. The zero-order chi connectivity index (χ0) is 20.3. The summed E-state index contributed by atoms with van der Waals surface area (Å²) in [6, 6.07) is 13.4. The molecule has 0 saturated heterocycles. The Bertz CT molecular complexity index is 1110. The van der Waals surface area contributed by atoms with Crippen LogP contribution < -0.4 is 16.2 Å². The molecule has 3 aromatic rings. The highest BCUT2D eigenvalue weighted by molar-refractivity contribution is 7.89. The van der Waals surface area contributed by atoms with Crippen molar-refractivity contribution in [2.24, 2.45) is 5.14 Å². The van der Waals surface area contributed by atoms with Crippen LogP contribution in [0.5, 0.6) is 0 Å². The second-order valence-electron chi connectivity index (χ2n) is 5.96. The fourth-order valence-corrected chi connectivity index (χ4v) is 3.49. The fraction of sp³-hybridized carbons (Fsp3) is 0.111. The molecule has 0 bridgehead atoms. The summed E-state index contributed by atoms with van der Waals surface area (Å²) in [7, 11) is -3.69. The summed E-state index contributed by atoms with van der Waals surface area (Å²) in [4.78, 5) is 8.47. The largest absolute Gasteiger partial charge is 0.370 e. The van der Waals surface area contributed by atoms with Gasteiger partial charge in [0.25, 0.3) is 0 Å². The molecule has 0 spiro atoms. The maximum absolute atomic E-state index is 11.3. The molecule has 0 fully saturated rings. The van der Waals surface area contributed by atoms with Crippen LogP contribution in [0.4, 0.5) is 11.8 Å². The van der Waals surface area contributed by atoms with Crippen LogP contribution in [-0.2, 0) is 16.4 Å². The van der Waals surface area contributed by atoms with E-state index in [4.69, 9.17) is 34.1 Å². The highest BCUT2D eigenvalue weighted by atomic mass is 35.5. The van der Waals surface area contributed by atoms with Gasteiger partial charge in [0.1, 0.15) is 5.82 Å². The molecule has 0 saturated carbocycles. The second-order valence-corrected chi connectivity index (χ2v) is 8.31. The van der Waals surface area contributed by atoms with Crippen molar-refractivity contribution < 1.29 is 8.42 Å². The molecule has 1 aromatic heterocycles. The zero-order valence-corrected chi connectivity index (χ0v) is 16.9. The van der Waals surface area contributed by atoms with E-state index in [1.54, 1.807) is 36.4 Å². The molecule has 0 aliphatic heterocycles. The number of benzene rings is 2. The number of hydrogen-bond donors (Lipinski definition) is 3. The first-order valence-corrected chi connectivity index (χ1v) is 10.5. The van der Waals surface area contributed by atoms with Gasteiger partial charge in [-0.2, -0.15) is 4.98 Å². The molecule has 0 atom stereocenters. The molecule has 7 nitrogen and oxygen atoms in total. The van der Waals surface area contributed by atoms with Gasteiger partial charge in [-0.1, -0.05) is 47.5 Å². The Morgan fingerprint density at radius 1 is 1.04 bits per heavy atom. The molecule has 0 unspecified atom stereocenters. The number of nitrogens with zero attached hydrogens (tertiary/aromatic N) is 2. The summed E-state index contributed by atoms with van der Waals surface area (Å²) in [6.07, 6.45) is 0.641. The number of hydrogen-bond acceptors (Lipinski definition) is 6. The van der Waals surface area contributed by atoms with Crippen molar-refractivity contribution in [3.05, 3.63) is 64.1 Å². The molecule has 3 rings (SSSR count). The topological polar surface area (TPSA) is 124 Å². The zero-order valence-electron chi connectivity index (χ0n) is 14.6. The van der Waals surface area contributed by atoms with E-state index in [1.807, 2.05) is 0 Å². The number of nitrogen functional groups attached to an aromatic ring is 1. The third-order valence-corrected chi connectivity index (χ3v) is 5.69. The van der Waals surface area contributed by atoms with Crippen LogP contribution in [0.15, 0.2) is 53.4 Å². The standard InChI is InChI=1S/C18H17Cl2N5O2S/c19-14-3-1-2-13(17(14)20)15-10-16(25-18(21)24-15)23-9-8-11-4-6-12(7-5-11)28(22,26)27/h1-7,10H,8-9H2,(H2,22,26,27)(H3,21,23,24,25). The predicted octanol–water partition coefficient (Wildman–Crippen LogP) is 3.33. The normalized spacial score (nSPS) is 11.4. The number of nitrogens with two attached hydrogens (primary N) is 2. The highest BCUT2D eigenvalue weighted by Crippen LogP contribution is 2.33. The van der Waals surface area contributed by atoms with E-state index in [0.717, 1.165) is 5.56 Å². The van der Waals surface area contributed by atoms with Gasteiger partial charge < -0.3 is 11.1 Å². The number of anilines is 2. The molecule has 0 aliphatic carbocycles. The smallest absolute Gasteiger partial charge is 0.238 e. The van der Waals surface area contributed by atoms with Gasteiger partial charge >= 0.3 is 0 Å². The van der Waals surface area contributed by atoms with Crippen LogP contribution in [0.1, 0.15) is 5.56 Å². The Balaban J connectivity index is 1.71. The summed E-state index contributed by atoms with van der Waals surface area (Å²) in [5.41, 5.74) is 7.98. The molecular weight excluding hydrogens is 421 g/mol. The lowest BCUT2D eigenvalue weighted by atomic mass is 10.1. The van der Waals surface area contributed by atoms with E-state index < -0.39 is 10.0 Å². The summed E-state index contributed by atoms with van der Waals surface area (Å²) < 4.78 is 22.6. The molecule has 2 aromatic carbocycles. The van der Waals surface area contributed by atoms with Crippen molar-refractivity contribution >= 4 is 45.0 Å². The van der Waals surface area contributed by atoms with Gasteiger partial charge in [-0.25, -0.2) is 18.5 Å². The molecule has 0 aliphatic rings. The lowest BCUT2D eigenvalue weighted by Gasteiger charge is -2.10. The summed E-state index contributed by atoms with van der Waals surface area (Å²) in [5, 5.41) is 9.08. The summed E-state index contributed by atoms with van der Waals surface area (Å²) in [6.45, 7) is 0.549. The van der Waals surface area contributed by atoms with E-state index in [9.17, 15) is 8.42 Å². The van der Waals surface area contributed by atoms with Gasteiger partial charge in [0, 0.05) is 18.2 Å². The summed E-state index contributed by atoms with van der Waals surface area (Å²) in [5.74, 6) is 0.647. The van der Waals surface area contributed by atoms with Crippen LogP contribution in [0.2, 0.25) is 10.0 Å². The first-order chi connectivity index (χ1) is 13.2. The van der Waals surface area contributed by atoms with Crippen molar-refractivity contribution in [3.8, 4) is 11.3 Å². The first kappa shape index (κ1) is 20.3. The molecule has 0 amide bonds. The lowest BCUT2D eigenvalue weighted by Crippen LogP contribution is -2.12.